The Balaban J connectivity index is 1.52. The maximum atomic E-state index is 12.2. The molecule has 1 saturated heterocycles. The van der Waals surface area contributed by atoms with Crippen molar-refractivity contribution in [2.75, 3.05) is 6.26 Å². The molecule has 2 atom stereocenters. The van der Waals surface area contributed by atoms with Crippen LogP contribution in [-0.4, -0.2) is 32.5 Å². The summed E-state index contributed by atoms with van der Waals surface area (Å²) in [5.41, 5.74) is 12.0. The summed E-state index contributed by atoms with van der Waals surface area (Å²) in [7, 11) is -3.33. The first-order valence-corrected chi connectivity index (χ1v) is 10.2. The van der Waals surface area contributed by atoms with Crippen LogP contribution in [0.25, 0.3) is 0 Å². The van der Waals surface area contributed by atoms with Crippen molar-refractivity contribution in [2.24, 2.45) is 0 Å². The van der Waals surface area contributed by atoms with Gasteiger partial charge in [0.1, 0.15) is 6.04 Å². The molecule has 0 saturated carbocycles. The van der Waals surface area contributed by atoms with Crippen molar-refractivity contribution in [1.29, 1.82) is 0 Å². The van der Waals surface area contributed by atoms with Gasteiger partial charge in [-0.2, -0.15) is 0 Å². The van der Waals surface area contributed by atoms with E-state index in [0.29, 0.717) is 6.42 Å². The van der Waals surface area contributed by atoms with Crippen LogP contribution in [0.3, 0.4) is 0 Å². The van der Waals surface area contributed by atoms with Gasteiger partial charge >= 0.3 is 0 Å². The van der Waals surface area contributed by atoms with Crippen LogP contribution < -0.4 is 21.7 Å². The fourth-order valence-corrected chi connectivity index (χ4v) is 3.39. The molecule has 27 heavy (non-hydrogen) atoms. The molecule has 4 N–H and O–H groups in total. The number of rotatable bonds is 4. The standard InChI is InChI=1S/C18H20N4O4S/c1-27(25,26)14-9-7-13(8-10-14)17(23)21-22-18(24)16-11-15(19-20-16)12-5-3-2-4-6-12/h2-10,15-16,19-20H,11H2,1H3,(H,21,23)(H,22,24). The highest BCUT2D eigenvalue weighted by Gasteiger charge is 2.30. The zero-order valence-electron chi connectivity index (χ0n) is 14.6. The Kier molecular flexibility index (Phi) is 5.54. The average molecular weight is 388 g/mol. The zero-order valence-corrected chi connectivity index (χ0v) is 15.4. The third-order valence-electron chi connectivity index (χ3n) is 4.27. The number of hydrazine groups is 2. The zero-order chi connectivity index (χ0) is 19.4. The average Bonchev–Trinajstić information content (AvgIpc) is 3.16. The van der Waals surface area contributed by atoms with Gasteiger partial charge < -0.3 is 0 Å². The lowest BCUT2D eigenvalue weighted by Gasteiger charge is -2.12. The molecule has 142 valence electrons. The first-order chi connectivity index (χ1) is 12.8. The van der Waals surface area contributed by atoms with Crippen LogP contribution in [0.2, 0.25) is 0 Å². The molecule has 1 fully saturated rings. The largest absolute Gasteiger partial charge is 0.271 e. The molecule has 0 aliphatic carbocycles. The Bertz CT molecular complexity index is 930. The van der Waals surface area contributed by atoms with Crippen molar-refractivity contribution in [1.82, 2.24) is 21.7 Å². The molecule has 1 aliphatic rings. The summed E-state index contributed by atoms with van der Waals surface area (Å²) in [4.78, 5) is 24.5. The summed E-state index contributed by atoms with van der Waals surface area (Å²) in [6.07, 6.45) is 1.63. The second-order valence-electron chi connectivity index (χ2n) is 6.28. The van der Waals surface area contributed by atoms with Crippen LogP contribution in [0.5, 0.6) is 0 Å². The number of carbonyl (C=O) groups is 2. The van der Waals surface area contributed by atoms with Crippen molar-refractivity contribution >= 4 is 21.7 Å². The van der Waals surface area contributed by atoms with E-state index in [2.05, 4.69) is 21.7 Å². The number of benzene rings is 2. The molecule has 8 nitrogen and oxygen atoms in total. The van der Waals surface area contributed by atoms with Crippen LogP contribution in [0.1, 0.15) is 28.4 Å². The Morgan fingerprint density at radius 1 is 0.963 bits per heavy atom. The number of sulfone groups is 1. The van der Waals surface area contributed by atoms with Crippen LogP contribution in [0.4, 0.5) is 0 Å². The Morgan fingerprint density at radius 3 is 2.26 bits per heavy atom. The molecular weight excluding hydrogens is 368 g/mol. The second-order valence-corrected chi connectivity index (χ2v) is 8.30. The molecule has 0 radical (unpaired) electrons. The van der Waals surface area contributed by atoms with Gasteiger partial charge in [0.2, 0.25) is 0 Å². The molecule has 1 heterocycles. The van der Waals surface area contributed by atoms with Crippen molar-refractivity contribution in [3.05, 3.63) is 65.7 Å². The molecule has 9 heteroatoms. The second kappa shape index (κ2) is 7.87. The van der Waals surface area contributed by atoms with Crippen LogP contribution in [0, 0.1) is 0 Å². The molecule has 3 rings (SSSR count). The highest BCUT2D eigenvalue weighted by Crippen LogP contribution is 2.21. The van der Waals surface area contributed by atoms with E-state index in [1.54, 1.807) is 0 Å². The summed E-state index contributed by atoms with van der Waals surface area (Å²) >= 11 is 0. The van der Waals surface area contributed by atoms with Gasteiger partial charge in [-0.05, 0) is 36.2 Å². The van der Waals surface area contributed by atoms with E-state index in [0.717, 1.165) is 11.8 Å². The first-order valence-electron chi connectivity index (χ1n) is 8.31. The lowest BCUT2D eigenvalue weighted by molar-refractivity contribution is -0.123. The summed E-state index contributed by atoms with van der Waals surface area (Å²) in [5, 5.41) is 0. The van der Waals surface area contributed by atoms with Gasteiger partial charge in [-0.1, -0.05) is 30.3 Å². The summed E-state index contributed by atoms with van der Waals surface area (Å²) in [6.45, 7) is 0. The molecule has 2 aromatic carbocycles. The van der Waals surface area contributed by atoms with Gasteiger partial charge in [-0.15, -0.1) is 0 Å². The van der Waals surface area contributed by atoms with Crippen LogP contribution in [0.15, 0.2) is 59.5 Å². The smallest absolute Gasteiger partial charge is 0.269 e. The molecular formula is C18H20N4O4S. The molecule has 2 aromatic rings. The minimum absolute atomic E-state index is 0.00110. The number of nitrogens with one attached hydrogen (secondary N) is 4. The van der Waals surface area contributed by atoms with E-state index in [1.165, 1.54) is 24.3 Å². The normalized spacial score (nSPS) is 19.4. The third-order valence-corrected chi connectivity index (χ3v) is 5.39. The number of amides is 2. The maximum absolute atomic E-state index is 12.2. The lowest BCUT2D eigenvalue weighted by atomic mass is 10.0. The van der Waals surface area contributed by atoms with Gasteiger partial charge in [0.15, 0.2) is 9.84 Å². The number of hydrogen-bond acceptors (Lipinski definition) is 6. The monoisotopic (exact) mass is 388 g/mol. The van der Waals surface area contributed by atoms with Gasteiger partial charge in [0.25, 0.3) is 11.8 Å². The Morgan fingerprint density at radius 2 is 1.63 bits per heavy atom. The number of carbonyl (C=O) groups excluding carboxylic acids is 2. The summed E-state index contributed by atoms with van der Waals surface area (Å²) in [6, 6.07) is 14.7. The van der Waals surface area contributed by atoms with Crippen LogP contribution in [-0.2, 0) is 14.6 Å². The minimum Gasteiger partial charge on any atom is -0.271 e. The molecule has 0 spiro atoms. The molecule has 0 bridgehead atoms. The van der Waals surface area contributed by atoms with Crippen molar-refractivity contribution in [3.63, 3.8) is 0 Å². The van der Waals surface area contributed by atoms with E-state index >= 15 is 0 Å². The van der Waals surface area contributed by atoms with Gasteiger partial charge in [0.05, 0.1) is 4.90 Å². The predicted octanol–water partition coefficient (Wildman–Crippen LogP) is 0.459. The minimum atomic E-state index is -3.33. The fourth-order valence-electron chi connectivity index (χ4n) is 2.76. The van der Waals surface area contributed by atoms with Crippen molar-refractivity contribution < 1.29 is 18.0 Å². The van der Waals surface area contributed by atoms with Gasteiger partial charge in [-0.25, -0.2) is 19.3 Å². The lowest BCUT2D eigenvalue weighted by Crippen LogP contribution is -2.50. The van der Waals surface area contributed by atoms with Crippen molar-refractivity contribution in [3.8, 4) is 0 Å². The Hall–Kier alpha value is -2.75. The van der Waals surface area contributed by atoms with Gasteiger partial charge in [0, 0.05) is 17.9 Å². The first kappa shape index (κ1) is 19.0. The highest BCUT2D eigenvalue weighted by atomic mass is 32.2. The third kappa shape index (κ3) is 4.70. The SMILES string of the molecule is CS(=O)(=O)c1ccc(C(=O)NNC(=O)C2CC(c3ccccc3)NN2)cc1. The van der Waals surface area contributed by atoms with E-state index in [4.69, 9.17) is 0 Å². The quantitative estimate of drug-likeness (QED) is 0.566. The fraction of sp³-hybridized carbons (Fsp3) is 0.222. The predicted molar refractivity (Wildman–Crippen MR) is 99.0 cm³/mol. The summed E-state index contributed by atoms with van der Waals surface area (Å²) in [5.74, 6) is -0.906. The Labute approximate surface area is 157 Å². The van der Waals surface area contributed by atoms with E-state index in [1.807, 2.05) is 30.3 Å². The van der Waals surface area contributed by atoms with E-state index < -0.39 is 21.8 Å². The molecule has 2 unspecified atom stereocenters. The topological polar surface area (TPSA) is 116 Å². The van der Waals surface area contributed by atoms with Crippen molar-refractivity contribution in [2.45, 2.75) is 23.4 Å². The van der Waals surface area contributed by atoms with E-state index in [-0.39, 0.29) is 22.4 Å². The number of hydrogen-bond donors (Lipinski definition) is 4. The highest BCUT2D eigenvalue weighted by molar-refractivity contribution is 7.90. The summed E-state index contributed by atoms with van der Waals surface area (Å²) < 4.78 is 22.9. The van der Waals surface area contributed by atoms with E-state index in [9.17, 15) is 18.0 Å². The molecule has 0 aromatic heterocycles. The molecule has 2 amide bonds. The van der Waals surface area contributed by atoms with Crippen LogP contribution >= 0.6 is 0 Å². The molecule has 1 aliphatic heterocycles. The maximum Gasteiger partial charge on any atom is 0.269 e. The van der Waals surface area contributed by atoms with Gasteiger partial charge in [-0.3, -0.25) is 20.4 Å².